The van der Waals surface area contributed by atoms with E-state index in [4.69, 9.17) is 9.47 Å². The van der Waals surface area contributed by atoms with Crippen LogP contribution in [0.3, 0.4) is 0 Å². The van der Waals surface area contributed by atoms with Gasteiger partial charge in [-0.2, -0.15) is 4.68 Å². The number of carbonyl (C=O) groups is 2. The second kappa shape index (κ2) is 11.5. The van der Waals surface area contributed by atoms with Crippen molar-refractivity contribution < 1.29 is 19.1 Å². The minimum Gasteiger partial charge on any atom is -0.493 e. The highest BCUT2D eigenvalue weighted by molar-refractivity contribution is 5.87. The highest BCUT2D eigenvalue weighted by atomic mass is 16.5. The first-order valence-electron chi connectivity index (χ1n) is 11.9. The molecule has 2 aromatic carbocycles. The largest absolute Gasteiger partial charge is 0.493 e. The van der Waals surface area contributed by atoms with Crippen molar-refractivity contribution in [3.05, 3.63) is 54.1 Å². The van der Waals surface area contributed by atoms with Crippen molar-refractivity contribution >= 4 is 17.8 Å². The van der Waals surface area contributed by atoms with Gasteiger partial charge < -0.3 is 25.0 Å². The Morgan fingerprint density at radius 1 is 1.06 bits per heavy atom. The van der Waals surface area contributed by atoms with Crippen molar-refractivity contribution in [2.45, 2.75) is 38.3 Å². The third-order valence-corrected chi connectivity index (χ3v) is 6.16. The predicted molar refractivity (Wildman–Crippen MR) is 133 cm³/mol. The summed E-state index contributed by atoms with van der Waals surface area (Å²) in [7, 11) is 3.13. The van der Waals surface area contributed by atoms with E-state index in [1.54, 1.807) is 25.0 Å². The summed E-state index contributed by atoms with van der Waals surface area (Å²) < 4.78 is 12.4. The summed E-state index contributed by atoms with van der Waals surface area (Å²) in [4.78, 5) is 27.1. The van der Waals surface area contributed by atoms with Crippen LogP contribution in [0, 0.1) is 0 Å². The van der Waals surface area contributed by atoms with E-state index in [-0.39, 0.29) is 17.9 Å². The van der Waals surface area contributed by atoms with Gasteiger partial charge in [-0.3, -0.25) is 9.59 Å². The monoisotopic (exact) mass is 493 g/mol. The average Bonchev–Trinajstić information content (AvgIpc) is 3.39. The standard InChI is InChI=1S/C25H31N7O4/c1-17(33)26-21(15-18-9-10-22(35-2)23(16-18)36-3)24(34)27-19-11-13-31(14-12-19)25-28-29-30-32(25)20-7-5-4-6-8-20/h4-10,16,19,21H,11-15H2,1-3H3,(H,26,33)(H,27,34)/t21-/m1/s1. The van der Waals surface area contributed by atoms with Crippen molar-refractivity contribution in [3.63, 3.8) is 0 Å². The summed E-state index contributed by atoms with van der Waals surface area (Å²) in [6, 6.07) is 14.5. The highest BCUT2D eigenvalue weighted by Crippen LogP contribution is 2.28. The van der Waals surface area contributed by atoms with Crippen LogP contribution in [-0.4, -0.2) is 71.4 Å². The summed E-state index contributed by atoms with van der Waals surface area (Å²) in [5.74, 6) is 1.37. The van der Waals surface area contributed by atoms with Crippen LogP contribution in [0.25, 0.3) is 5.69 Å². The molecule has 1 fully saturated rings. The zero-order valence-electron chi connectivity index (χ0n) is 20.7. The summed E-state index contributed by atoms with van der Waals surface area (Å²) in [6.45, 7) is 2.79. The number of benzene rings is 2. The average molecular weight is 494 g/mol. The number of nitrogens with zero attached hydrogens (tertiary/aromatic N) is 5. The van der Waals surface area contributed by atoms with Gasteiger partial charge in [0.1, 0.15) is 6.04 Å². The summed E-state index contributed by atoms with van der Waals surface area (Å²) in [5.41, 5.74) is 1.74. The molecular formula is C25H31N7O4. The Kier molecular flexibility index (Phi) is 7.99. The van der Waals surface area contributed by atoms with Crippen LogP contribution in [0.5, 0.6) is 11.5 Å². The smallest absolute Gasteiger partial charge is 0.250 e. The van der Waals surface area contributed by atoms with E-state index in [0.717, 1.165) is 24.1 Å². The first-order valence-corrected chi connectivity index (χ1v) is 11.9. The fourth-order valence-electron chi connectivity index (χ4n) is 4.34. The second-order valence-corrected chi connectivity index (χ2v) is 8.64. The quantitative estimate of drug-likeness (QED) is 0.460. The lowest BCUT2D eigenvalue weighted by Gasteiger charge is -2.33. The lowest BCUT2D eigenvalue weighted by molar-refractivity contribution is -0.128. The van der Waals surface area contributed by atoms with Crippen molar-refractivity contribution in [1.29, 1.82) is 0 Å². The first-order chi connectivity index (χ1) is 17.5. The van der Waals surface area contributed by atoms with Gasteiger partial charge in [0.2, 0.25) is 17.8 Å². The molecule has 3 aromatic rings. The maximum atomic E-state index is 13.1. The number of methoxy groups -OCH3 is 2. The predicted octanol–water partition coefficient (Wildman–Crippen LogP) is 1.51. The number of ether oxygens (including phenoxy) is 2. The molecule has 2 heterocycles. The maximum Gasteiger partial charge on any atom is 0.250 e. The Bertz CT molecular complexity index is 1180. The number of carbonyl (C=O) groups excluding carboxylic acids is 2. The number of amides is 2. The third-order valence-electron chi connectivity index (χ3n) is 6.16. The lowest BCUT2D eigenvalue weighted by Crippen LogP contribution is -2.52. The molecule has 0 bridgehead atoms. The van der Waals surface area contributed by atoms with Gasteiger partial charge in [0.15, 0.2) is 11.5 Å². The normalized spacial score (nSPS) is 14.7. The molecule has 2 amide bonds. The lowest BCUT2D eigenvalue weighted by atomic mass is 10.0. The Balaban J connectivity index is 1.37. The van der Waals surface area contributed by atoms with E-state index in [9.17, 15) is 9.59 Å². The Morgan fingerprint density at radius 3 is 2.44 bits per heavy atom. The summed E-state index contributed by atoms with van der Waals surface area (Å²) >= 11 is 0. The number of para-hydroxylation sites is 1. The van der Waals surface area contributed by atoms with Gasteiger partial charge in [0, 0.05) is 32.5 Å². The van der Waals surface area contributed by atoms with Gasteiger partial charge in [-0.25, -0.2) is 0 Å². The number of anilines is 1. The topological polar surface area (TPSA) is 123 Å². The molecule has 0 saturated carbocycles. The summed E-state index contributed by atoms with van der Waals surface area (Å²) in [5, 5.41) is 18.1. The number of hydrogen-bond acceptors (Lipinski definition) is 8. The molecule has 1 atom stereocenters. The van der Waals surface area contributed by atoms with Gasteiger partial charge in [0.25, 0.3) is 0 Å². The van der Waals surface area contributed by atoms with Crippen molar-refractivity contribution in [2.24, 2.45) is 0 Å². The maximum absolute atomic E-state index is 13.1. The Hall–Kier alpha value is -4.15. The van der Waals surface area contributed by atoms with E-state index in [2.05, 4.69) is 31.1 Å². The van der Waals surface area contributed by atoms with Crippen molar-refractivity contribution in [1.82, 2.24) is 30.8 Å². The van der Waals surface area contributed by atoms with E-state index in [0.29, 0.717) is 37.0 Å². The Labute approximate surface area is 209 Å². The van der Waals surface area contributed by atoms with Crippen LogP contribution < -0.4 is 25.0 Å². The molecule has 1 aliphatic rings. The number of hydrogen-bond donors (Lipinski definition) is 2. The SMILES string of the molecule is COc1ccc(C[C@@H](NC(C)=O)C(=O)NC2CCN(c3nnnn3-c3ccccc3)CC2)cc1OC. The third kappa shape index (κ3) is 5.91. The van der Waals surface area contributed by atoms with Gasteiger partial charge in [0.05, 0.1) is 19.9 Å². The van der Waals surface area contributed by atoms with E-state index < -0.39 is 6.04 Å². The van der Waals surface area contributed by atoms with E-state index in [1.807, 2.05) is 42.5 Å². The van der Waals surface area contributed by atoms with Gasteiger partial charge >= 0.3 is 0 Å². The fourth-order valence-corrected chi connectivity index (χ4v) is 4.34. The van der Waals surface area contributed by atoms with Crippen molar-refractivity contribution in [2.75, 3.05) is 32.2 Å². The van der Waals surface area contributed by atoms with Crippen LogP contribution in [0.4, 0.5) is 5.95 Å². The van der Waals surface area contributed by atoms with Crippen LogP contribution in [0.15, 0.2) is 48.5 Å². The molecule has 0 radical (unpaired) electrons. The molecule has 11 heteroatoms. The van der Waals surface area contributed by atoms with E-state index >= 15 is 0 Å². The second-order valence-electron chi connectivity index (χ2n) is 8.64. The molecule has 4 rings (SSSR count). The number of rotatable bonds is 9. The molecule has 2 N–H and O–H groups in total. The molecule has 1 saturated heterocycles. The zero-order chi connectivity index (χ0) is 25.5. The van der Waals surface area contributed by atoms with Gasteiger partial charge in [-0.1, -0.05) is 29.4 Å². The minimum absolute atomic E-state index is 0.0172. The number of tetrazole rings is 1. The first kappa shape index (κ1) is 25.0. The van der Waals surface area contributed by atoms with Gasteiger partial charge in [-0.15, -0.1) is 0 Å². The molecule has 0 unspecified atom stereocenters. The molecule has 1 aromatic heterocycles. The molecule has 0 spiro atoms. The minimum atomic E-state index is -0.705. The van der Waals surface area contributed by atoms with Crippen LogP contribution in [0.1, 0.15) is 25.3 Å². The molecule has 11 nitrogen and oxygen atoms in total. The molecule has 1 aliphatic heterocycles. The number of aromatic nitrogens is 4. The van der Waals surface area contributed by atoms with Crippen LogP contribution >= 0.6 is 0 Å². The Morgan fingerprint density at radius 2 is 1.78 bits per heavy atom. The molecule has 0 aliphatic carbocycles. The number of nitrogens with one attached hydrogen (secondary N) is 2. The summed E-state index contributed by atoms with van der Waals surface area (Å²) in [6.07, 6.45) is 1.80. The van der Waals surface area contributed by atoms with Crippen LogP contribution in [0.2, 0.25) is 0 Å². The van der Waals surface area contributed by atoms with Gasteiger partial charge in [-0.05, 0) is 53.1 Å². The zero-order valence-corrected chi connectivity index (χ0v) is 20.7. The fraction of sp³-hybridized carbons (Fsp3) is 0.400. The van der Waals surface area contributed by atoms with E-state index in [1.165, 1.54) is 6.92 Å². The highest BCUT2D eigenvalue weighted by Gasteiger charge is 2.28. The van der Waals surface area contributed by atoms with Crippen molar-refractivity contribution in [3.8, 4) is 17.2 Å². The molecule has 190 valence electrons. The molecule has 36 heavy (non-hydrogen) atoms. The van der Waals surface area contributed by atoms with Crippen LogP contribution in [-0.2, 0) is 16.0 Å². The number of piperidine rings is 1. The molecular weight excluding hydrogens is 462 g/mol.